The van der Waals surface area contributed by atoms with Crippen molar-refractivity contribution in [2.45, 2.75) is 68.2 Å². The highest BCUT2D eigenvalue weighted by Crippen LogP contribution is 2.53. The van der Waals surface area contributed by atoms with Gasteiger partial charge < -0.3 is 19.9 Å². The van der Waals surface area contributed by atoms with Crippen molar-refractivity contribution in [3.63, 3.8) is 0 Å². The summed E-state index contributed by atoms with van der Waals surface area (Å²) in [6.07, 6.45) is 6.32. The van der Waals surface area contributed by atoms with Gasteiger partial charge in [-0.25, -0.2) is 4.98 Å². The van der Waals surface area contributed by atoms with Gasteiger partial charge in [0.2, 0.25) is 10.9 Å². The third-order valence-corrected chi connectivity index (χ3v) is 9.11. The Balaban J connectivity index is 1.32. The number of nitrogens with one attached hydrogen (secondary N) is 2. The number of anilines is 1. The third kappa shape index (κ3) is 4.61. The summed E-state index contributed by atoms with van der Waals surface area (Å²) in [5, 5.41) is 22.7. The summed E-state index contributed by atoms with van der Waals surface area (Å²) in [5.41, 5.74) is 2.51. The topological polar surface area (TPSA) is 142 Å². The number of fused-ring (bicyclic) bond motifs is 1. The lowest BCUT2D eigenvalue weighted by molar-refractivity contribution is -0.208. The minimum atomic E-state index is -4.02. The molecule has 1 aliphatic heterocycles. The molecule has 9 nitrogen and oxygen atoms in total. The average molecular weight is 538 g/mol. The van der Waals surface area contributed by atoms with Gasteiger partial charge in [-0.3, -0.25) is 9.52 Å². The maximum absolute atomic E-state index is 13.3. The molecule has 2 aromatic carbocycles. The summed E-state index contributed by atoms with van der Waals surface area (Å²) in [4.78, 5) is 20.3. The largest absolute Gasteiger partial charge is 0.431 e. The predicted molar refractivity (Wildman–Crippen MR) is 140 cm³/mol. The minimum Gasteiger partial charge on any atom is -0.431 e. The zero-order chi connectivity index (χ0) is 26.5. The minimum absolute atomic E-state index is 0.0594. The molecule has 200 valence electrons. The Hall–Kier alpha value is -3.21. The van der Waals surface area contributed by atoms with E-state index in [2.05, 4.69) is 14.7 Å². The van der Waals surface area contributed by atoms with E-state index in [4.69, 9.17) is 4.74 Å². The van der Waals surface area contributed by atoms with Crippen LogP contribution in [0.2, 0.25) is 0 Å². The number of carbonyl (C=O) groups is 1. The van der Waals surface area contributed by atoms with E-state index in [1.165, 1.54) is 0 Å². The van der Waals surface area contributed by atoms with Crippen LogP contribution >= 0.6 is 0 Å². The van der Waals surface area contributed by atoms with E-state index in [9.17, 15) is 23.4 Å². The first-order chi connectivity index (χ1) is 18.2. The van der Waals surface area contributed by atoms with E-state index < -0.39 is 33.6 Å². The van der Waals surface area contributed by atoms with Gasteiger partial charge in [0.1, 0.15) is 11.7 Å². The van der Waals surface area contributed by atoms with Crippen LogP contribution in [0, 0.1) is 11.8 Å². The Morgan fingerprint density at radius 1 is 1.03 bits per heavy atom. The van der Waals surface area contributed by atoms with Crippen LogP contribution in [-0.2, 0) is 19.6 Å². The van der Waals surface area contributed by atoms with Crippen molar-refractivity contribution in [2.24, 2.45) is 11.8 Å². The van der Waals surface area contributed by atoms with E-state index in [1.807, 2.05) is 0 Å². The molecule has 1 fully saturated rings. The monoisotopic (exact) mass is 537 g/mol. The number of para-hydroxylation sites is 2. The Morgan fingerprint density at radius 3 is 2.55 bits per heavy atom. The molecular weight excluding hydrogens is 506 g/mol. The molecule has 3 aromatic rings. The second-order valence-electron chi connectivity index (χ2n) is 10.6. The molecule has 4 N–H and O–H groups in total. The summed E-state index contributed by atoms with van der Waals surface area (Å²) in [6, 6.07) is 13.8. The summed E-state index contributed by atoms with van der Waals surface area (Å²) in [7, 11) is -4.02. The number of aliphatic hydroxyl groups is 2. The fourth-order valence-corrected chi connectivity index (χ4v) is 6.93. The molecule has 0 radical (unpaired) electrons. The lowest BCUT2D eigenvalue weighted by atomic mass is 9.72. The lowest BCUT2D eigenvalue weighted by Crippen LogP contribution is -2.51. The highest BCUT2D eigenvalue weighted by Gasteiger charge is 2.56. The Kier molecular flexibility index (Phi) is 6.28. The van der Waals surface area contributed by atoms with Gasteiger partial charge in [0.25, 0.3) is 10.0 Å². The van der Waals surface area contributed by atoms with Gasteiger partial charge in [0, 0.05) is 23.6 Å². The molecule has 6 rings (SSSR count). The second-order valence-corrected chi connectivity index (χ2v) is 12.2. The van der Waals surface area contributed by atoms with Gasteiger partial charge in [0.05, 0.1) is 11.0 Å². The first kappa shape index (κ1) is 25.1. The number of aromatic nitrogens is 2. The molecule has 1 saturated carbocycles. The standard InChI is InChI=1S/C28H31N3O6S/c32-26-25(28(33,34)20-10-3-1-2-4-13-23(20)37-26)24(17-14-15-17)18-8-7-9-19(16-18)31-38(35,36)27-29-21-11-5-6-12-22(21)30-27/h5-9,11-12,16-17,24-25,31,33-34H,1-4,10,13-15H2,(H,29,30). The number of carbonyl (C=O) groups excluding carboxylic acids is 1. The fraction of sp³-hybridized carbons (Fsp3) is 0.429. The van der Waals surface area contributed by atoms with Crippen LogP contribution in [0.15, 0.2) is 65.0 Å². The van der Waals surface area contributed by atoms with Crippen molar-refractivity contribution in [2.75, 3.05) is 4.72 Å². The van der Waals surface area contributed by atoms with Crippen LogP contribution < -0.4 is 4.72 Å². The van der Waals surface area contributed by atoms with E-state index in [0.29, 0.717) is 46.5 Å². The number of aromatic amines is 1. The molecule has 0 saturated heterocycles. The maximum Gasteiger partial charge on any atom is 0.320 e. The number of hydrogen-bond donors (Lipinski definition) is 4. The summed E-state index contributed by atoms with van der Waals surface area (Å²) >= 11 is 0. The van der Waals surface area contributed by atoms with Crippen molar-refractivity contribution in [1.82, 2.24) is 9.97 Å². The van der Waals surface area contributed by atoms with Crippen LogP contribution in [0.3, 0.4) is 0 Å². The number of sulfonamides is 1. The number of nitrogens with zero attached hydrogens (tertiary/aromatic N) is 1. The van der Waals surface area contributed by atoms with Gasteiger partial charge in [0.15, 0.2) is 0 Å². The Bertz CT molecular complexity index is 1490. The van der Waals surface area contributed by atoms with E-state index >= 15 is 0 Å². The first-order valence-electron chi connectivity index (χ1n) is 13.2. The summed E-state index contributed by atoms with van der Waals surface area (Å²) < 4.78 is 34.5. The van der Waals surface area contributed by atoms with Crippen LogP contribution in [0.1, 0.15) is 62.8 Å². The van der Waals surface area contributed by atoms with Gasteiger partial charge in [-0.1, -0.05) is 37.1 Å². The Labute approximate surface area is 221 Å². The number of allylic oxidation sites excluding steroid dienone is 1. The third-order valence-electron chi connectivity index (χ3n) is 7.91. The number of rotatable bonds is 6. The number of hydrogen-bond acceptors (Lipinski definition) is 7. The van der Waals surface area contributed by atoms with Crippen LogP contribution in [0.25, 0.3) is 11.0 Å². The van der Waals surface area contributed by atoms with Crippen LogP contribution in [-0.4, -0.2) is 40.4 Å². The molecule has 2 heterocycles. The fourth-order valence-electron chi connectivity index (χ4n) is 5.93. The number of esters is 1. The zero-order valence-electron chi connectivity index (χ0n) is 20.9. The zero-order valence-corrected chi connectivity index (χ0v) is 21.7. The highest BCUT2D eigenvalue weighted by atomic mass is 32.2. The van der Waals surface area contributed by atoms with Gasteiger partial charge >= 0.3 is 5.97 Å². The first-order valence-corrected chi connectivity index (χ1v) is 14.7. The molecule has 38 heavy (non-hydrogen) atoms. The number of benzene rings is 2. The van der Waals surface area contributed by atoms with E-state index in [1.54, 1.807) is 48.5 Å². The Morgan fingerprint density at radius 2 is 1.79 bits per heavy atom. The molecule has 1 aromatic heterocycles. The summed E-state index contributed by atoms with van der Waals surface area (Å²) in [5.74, 6) is -4.23. The van der Waals surface area contributed by atoms with Crippen LogP contribution in [0.4, 0.5) is 5.69 Å². The van der Waals surface area contributed by atoms with Gasteiger partial charge in [-0.05, 0) is 67.9 Å². The smallest absolute Gasteiger partial charge is 0.320 e. The summed E-state index contributed by atoms with van der Waals surface area (Å²) in [6.45, 7) is 0. The van der Waals surface area contributed by atoms with Crippen molar-refractivity contribution in [3.8, 4) is 0 Å². The highest BCUT2D eigenvalue weighted by molar-refractivity contribution is 7.92. The average Bonchev–Trinajstić information content (AvgIpc) is 3.59. The second kappa shape index (κ2) is 9.52. The van der Waals surface area contributed by atoms with Gasteiger partial charge in [-0.15, -0.1) is 0 Å². The number of H-pyrrole nitrogens is 1. The lowest BCUT2D eigenvalue weighted by Gasteiger charge is -2.42. The normalized spacial score (nSPS) is 22.8. The van der Waals surface area contributed by atoms with E-state index in [-0.39, 0.29) is 11.1 Å². The van der Waals surface area contributed by atoms with Crippen molar-refractivity contribution < 1.29 is 28.2 Å². The van der Waals surface area contributed by atoms with Crippen molar-refractivity contribution >= 4 is 32.7 Å². The molecule has 0 amide bonds. The molecule has 10 heteroatoms. The maximum atomic E-state index is 13.3. The molecule has 2 unspecified atom stereocenters. The quantitative estimate of drug-likeness (QED) is 0.271. The van der Waals surface area contributed by atoms with Crippen molar-refractivity contribution in [3.05, 3.63) is 65.4 Å². The van der Waals surface area contributed by atoms with Crippen molar-refractivity contribution in [1.29, 1.82) is 0 Å². The predicted octanol–water partition coefficient (Wildman–Crippen LogP) is 4.32. The van der Waals surface area contributed by atoms with Gasteiger partial charge in [-0.2, -0.15) is 8.42 Å². The molecule has 2 atom stereocenters. The molecule has 3 aliphatic rings. The molecule has 2 aliphatic carbocycles. The SMILES string of the molecule is O=C1OC2=C(CCCCCC2)C(O)(O)C1C(c1cccc(NS(=O)(=O)c2nc3ccccc3[nH]2)c1)C1CC1. The molecule has 0 bridgehead atoms. The van der Waals surface area contributed by atoms with E-state index in [0.717, 1.165) is 38.5 Å². The number of imidazole rings is 1. The number of ether oxygens (including phenoxy) is 1. The molecular formula is C28H31N3O6S. The molecule has 0 spiro atoms. The van der Waals surface area contributed by atoms with Crippen LogP contribution in [0.5, 0.6) is 0 Å².